The number of likely N-dealkylation sites (tertiary alicyclic amines) is 1. The van der Waals surface area contributed by atoms with Crippen molar-refractivity contribution in [2.75, 3.05) is 25.5 Å². The van der Waals surface area contributed by atoms with Gasteiger partial charge >= 0.3 is 12.1 Å². The third-order valence-electron chi connectivity index (χ3n) is 4.23. The molecule has 1 saturated heterocycles. The fourth-order valence-electron chi connectivity index (χ4n) is 2.88. The van der Waals surface area contributed by atoms with Crippen LogP contribution < -0.4 is 5.32 Å². The molecular formula is C16H21ClN2O4. The number of halogens is 1. The number of carbonyl (C=O) groups is 2. The molecule has 0 radical (unpaired) electrons. The van der Waals surface area contributed by atoms with Crippen molar-refractivity contribution in [1.82, 2.24) is 4.90 Å². The average Bonchev–Trinajstić information content (AvgIpc) is 2.53. The summed E-state index contributed by atoms with van der Waals surface area (Å²) < 4.78 is 4.72. The van der Waals surface area contributed by atoms with Gasteiger partial charge in [-0.25, -0.2) is 9.59 Å². The van der Waals surface area contributed by atoms with Crippen molar-refractivity contribution < 1.29 is 19.4 Å². The third-order valence-corrected chi connectivity index (χ3v) is 4.45. The van der Waals surface area contributed by atoms with Crippen LogP contribution in [0.1, 0.15) is 30.1 Å². The molecule has 0 saturated carbocycles. The Labute approximate surface area is 140 Å². The number of ether oxygens (including phenoxy) is 1. The van der Waals surface area contributed by atoms with Crippen molar-refractivity contribution >= 4 is 29.4 Å². The highest BCUT2D eigenvalue weighted by Gasteiger charge is 2.26. The lowest BCUT2D eigenvalue weighted by atomic mass is 9.90. The van der Waals surface area contributed by atoms with E-state index < -0.39 is 12.1 Å². The summed E-state index contributed by atoms with van der Waals surface area (Å²) in [7, 11) is 1.33. The topological polar surface area (TPSA) is 78.9 Å². The maximum Gasteiger partial charge on any atom is 0.407 e. The highest BCUT2D eigenvalue weighted by molar-refractivity contribution is 6.31. The van der Waals surface area contributed by atoms with Gasteiger partial charge in [0.1, 0.15) is 0 Å². The molecule has 0 spiro atoms. The summed E-state index contributed by atoms with van der Waals surface area (Å²) in [5.41, 5.74) is 1.15. The number of nitrogens with one attached hydrogen (secondary N) is 1. The first-order valence-electron chi connectivity index (χ1n) is 7.54. The fourth-order valence-corrected chi connectivity index (χ4v) is 3.12. The van der Waals surface area contributed by atoms with Gasteiger partial charge < -0.3 is 20.1 Å². The molecule has 1 amide bonds. The fraction of sp³-hybridized carbons (Fsp3) is 0.500. The van der Waals surface area contributed by atoms with Gasteiger partial charge in [0, 0.05) is 29.8 Å². The second kappa shape index (κ2) is 7.55. The number of hydrogen-bond donors (Lipinski definition) is 2. The van der Waals surface area contributed by atoms with Gasteiger partial charge in [-0.05, 0) is 43.9 Å². The van der Waals surface area contributed by atoms with E-state index in [2.05, 4.69) is 12.2 Å². The summed E-state index contributed by atoms with van der Waals surface area (Å²) in [4.78, 5) is 24.0. The molecule has 6 nitrogen and oxygen atoms in total. The number of carbonyl (C=O) groups excluding carboxylic acids is 1. The molecule has 126 valence electrons. The quantitative estimate of drug-likeness (QED) is 0.822. The lowest BCUT2D eigenvalue weighted by Crippen LogP contribution is -2.41. The Bertz CT molecular complexity index is 585. The van der Waals surface area contributed by atoms with Gasteiger partial charge in [-0.1, -0.05) is 11.6 Å². The lowest BCUT2D eigenvalue weighted by Gasteiger charge is -2.34. The molecule has 0 unspecified atom stereocenters. The molecule has 0 aliphatic carbocycles. The van der Waals surface area contributed by atoms with Crippen molar-refractivity contribution in [3.8, 4) is 0 Å². The molecule has 1 atom stereocenters. The predicted octanol–water partition coefficient (Wildman–Crippen LogP) is 3.32. The summed E-state index contributed by atoms with van der Waals surface area (Å²) in [6, 6.07) is 5.18. The Morgan fingerprint density at radius 1 is 1.35 bits per heavy atom. The van der Waals surface area contributed by atoms with Crippen molar-refractivity contribution in [3.63, 3.8) is 0 Å². The molecule has 1 aromatic rings. The molecule has 1 aliphatic heterocycles. The van der Waals surface area contributed by atoms with Crippen LogP contribution in [0.25, 0.3) is 0 Å². The van der Waals surface area contributed by atoms with Crippen LogP contribution in [0.2, 0.25) is 5.02 Å². The SMILES string of the molecule is COC(=O)c1cc(Cl)cc(N[C@@H](C)C2CCN(C(=O)O)CC2)c1. The van der Waals surface area contributed by atoms with Crippen LogP contribution in [0.15, 0.2) is 18.2 Å². The highest BCUT2D eigenvalue weighted by atomic mass is 35.5. The van der Waals surface area contributed by atoms with Crippen molar-refractivity contribution in [1.29, 1.82) is 0 Å². The molecule has 0 aromatic heterocycles. The number of benzene rings is 1. The summed E-state index contributed by atoms with van der Waals surface area (Å²) in [6.07, 6.45) is 0.761. The zero-order chi connectivity index (χ0) is 17.0. The molecule has 1 heterocycles. The van der Waals surface area contributed by atoms with Gasteiger partial charge in [-0.15, -0.1) is 0 Å². The number of piperidine rings is 1. The standard InChI is InChI=1S/C16H21ClN2O4/c1-10(11-3-5-19(6-4-11)16(21)22)18-14-8-12(15(20)23-2)7-13(17)9-14/h7-11,18H,3-6H2,1-2H3,(H,21,22)/t10-/m0/s1. The van der Waals surface area contributed by atoms with Crippen LogP contribution in [0, 0.1) is 5.92 Å². The van der Waals surface area contributed by atoms with Crippen LogP contribution in [-0.4, -0.2) is 48.3 Å². The maximum atomic E-state index is 11.6. The number of hydrogen-bond acceptors (Lipinski definition) is 4. The second-order valence-corrected chi connectivity index (χ2v) is 6.20. The van der Waals surface area contributed by atoms with Gasteiger partial charge in [0.05, 0.1) is 12.7 Å². The monoisotopic (exact) mass is 340 g/mol. The second-order valence-electron chi connectivity index (χ2n) is 5.76. The minimum absolute atomic E-state index is 0.148. The Hall–Kier alpha value is -1.95. The molecule has 0 bridgehead atoms. The summed E-state index contributed by atoms with van der Waals surface area (Å²) in [6.45, 7) is 3.16. The largest absolute Gasteiger partial charge is 0.465 e. The molecule has 23 heavy (non-hydrogen) atoms. The van der Waals surface area contributed by atoms with Gasteiger partial charge in [-0.3, -0.25) is 0 Å². The van der Waals surface area contributed by atoms with Crippen LogP contribution in [0.3, 0.4) is 0 Å². The molecule has 1 aromatic carbocycles. The first-order valence-corrected chi connectivity index (χ1v) is 7.92. The number of carboxylic acid groups (broad SMARTS) is 1. The molecule has 1 fully saturated rings. The van der Waals surface area contributed by atoms with Crippen LogP contribution in [0.5, 0.6) is 0 Å². The van der Waals surface area contributed by atoms with E-state index in [-0.39, 0.29) is 6.04 Å². The van der Waals surface area contributed by atoms with Gasteiger partial charge in [0.15, 0.2) is 0 Å². The van der Waals surface area contributed by atoms with E-state index in [0.29, 0.717) is 29.6 Å². The molecular weight excluding hydrogens is 320 g/mol. The molecule has 2 N–H and O–H groups in total. The van der Waals surface area contributed by atoms with E-state index in [1.165, 1.54) is 12.0 Å². The first-order chi connectivity index (χ1) is 10.9. The Morgan fingerprint density at radius 3 is 2.57 bits per heavy atom. The minimum atomic E-state index is -0.860. The lowest BCUT2D eigenvalue weighted by molar-refractivity contribution is 0.0600. The molecule has 1 aliphatic rings. The Kier molecular flexibility index (Phi) is 5.71. The van der Waals surface area contributed by atoms with Crippen molar-refractivity contribution in [2.45, 2.75) is 25.8 Å². The maximum absolute atomic E-state index is 11.6. The van der Waals surface area contributed by atoms with E-state index >= 15 is 0 Å². The van der Waals surface area contributed by atoms with Gasteiger partial charge in [0.25, 0.3) is 0 Å². The normalized spacial score (nSPS) is 16.7. The zero-order valence-corrected chi connectivity index (χ0v) is 14.0. The highest BCUT2D eigenvalue weighted by Crippen LogP contribution is 2.25. The number of anilines is 1. The summed E-state index contributed by atoms with van der Waals surface area (Å²) >= 11 is 6.05. The zero-order valence-electron chi connectivity index (χ0n) is 13.2. The number of amides is 1. The Balaban J connectivity index is 2.00. The smallest absolute Gasteiger partial charge is 0.407 e. The summed E-state index contributed by atoms with van der Waals surface area (Å²) in [5.74, 6) is -0.0656. The van der Waals surface area contributed by atoms with Crippen LogP contribution in [0.4, 0.5) is 10.5 Å². The van der Waals surface area contributed by atoms with Crippen molar-refractivity contribution in [3.05, 3.63) is 28.8 Å². The van der Waals surface area contributed by atoms with Crippen molar-refractivity contribution in [2.24, 2.45) is 5.92 Å². The van der Waals surface area contributed by atoms with E-state index in [0.717, 1.165) is 18.5 Å². The number of methoxy groups -OCH3 is 1. The van der Waals surface area contributed by atoms with E-state index in [1.807, 2.05) is 0 Å². The van der Waals surface area contributed by atoms with Crippen LogP contribution in [-0.2, 0) is 4.74 Å². The van der Waals surface area contributed by atoms with Crippen LogP contribution >= 0.6 is 11.6 Å². The first kappa shape index (κ1) is 17.4. The number of rotatable bonds is 4. The van der Waals surface area contributed by atoms with E-state index in [4.69, 9.17) is 21.4 Å². The van der Waals surface area contributed by atoms with Gasteiger partial charge in [-0.2, -0.15) is 0 Å². The molecule has 7 heteroatoms. The summed E-state index contributed by atoms with van der Waals surface area (Å²) in [5, 5.41) is 12.8. The predicted molar refractivity (Wildman–Crippen MR) is 88.2 cm³/mol. The third kappa shape index (κ3) is 4.51. The van der Waals surface area contributed by atoms with E-state index in [9.17, 15) is 9.59 Å². The molecule has 2 rings (SSSR count). The number of esters is 1. The van der Waals surface area contributed by atoms with Gasteiger partial charge in [0.2, 0.25) is 0 Å². The Morgan fingerprint density at radius 2 is 2.00 bits per heavy atom. The average molecular weight is 341 g/mol. The van der Waals surface area contributed by atoms with E-state index in [1.54, 1.807) is 18.2 Å². The minimum Gasteiger partial charge on any atom is -0.465 e. The number of nitrogens with zero attached hydrogens (tertiary/aromatic N) is 1.